The molecule has 1 unspecified atom stereocenters. The molecule has 0 saturated carbocycles. The van der Waals surface area contributed by atoms with Crippen LogP contribution in [0.1, 0.15) is 18.4 Å². The Morgan fingerprint density at radius 2 is 1.90 bits per heavy atom. The van der Waals surface area contributed by atoms with Crippen molar-refractivity contribution in [1.82, 2.24) is 5.32 Å². The average molecular weight is 272 g/mol. The maximum absolute atomic E-state index is 12.4. The summed E-state index contributed by atoms with van der Waals surface area (Å²) in [5.41, 5.74) is 1.60. The molecule has 2 amide bonds. The van der Waals surface area contributed by atoms with E-state index in [0.717, 1.165) is 18.4 Å². The van der Waals surface area contributed by atoms with Crippen molar-refractivity contribution in [2.24, 2.45) is 0 Å². The van der Waals surface area contributed by atoms with E-state index < -0.39 is 12.0 Å². The molecule has 0 spiro atoms. The van der Waals surface area contributed by atoms with Gasteiger partial charge in [0.15, 0.2) is 0 Å². The van der Waals surface area contributed by atoms with Crippen molar-refractivity contribution in [2.75, 3.05) is 4.90 Å². The number of carboxylic acids is 1. The molecular weight excluding hydrogens is 256 g/mol. The summed E-state index contributed by atoms with van der Waals surface area (Å²) in [7, 11) is 0. The van der Waals surface area contributed by atoms with Crippen molar-refractivity contribution in [1.29, 1.82) is 0 Å². The van der Waals surface area contributed by atoms with Gasteiger partial charge in [0.2, 0.25) is 0 Å². The first-order valence-corrected chi connectivity index (χ1v) is 6.72. The van der Waals surface area contributed by atoms with Crippen molar-refractivity contribution in [3.63, 3.8) is 0 Å². The fourth-order valence-corrected chi connectivity index (χ4v) is 2.81. The Morgan fingerprint density at radius 1 is 1.20 bits per heavy atom. The number of aliphatic carboxylic acids is 1. The zero-order valence-electron chi connectivity index (χ0n) is 11.0. The van der Waals surface area contributed by atoms with Crippen LogP contribution in [0.5, 0.6) is 0 Å². The van der Waals surface area contributed by atoms with Crippen molar-refractivity contribution in [3.8, 4) is 0 Å². The second kappa shape index (κ2) is 5.00. The van der Waals surface area contributed by atoms with Crippen LogP contribution >= 0.6 is 0 Å². The number of urea groups is 1. The van der Waals surface area contributed by atoms with Crippen molar-refractivity contribution in [3.05, 3.63) is 42.0 Å². The van der Waals surface area contributed by atoms with Gasteiger partial charge in [0.25, 0.3) is 0 Å². The molecule has 1 aliphatic heterocycles. The number of hydrogen-bond donors (Lipinski definition) is 2. The SMILES string of the molecule is O=C(O)C1Cc2ccccc2N1C(=O)NC1CC=CC1. The summed E-state index contributed by atoms with van der Waals surface area (Å²) in [4.78, 5) is 25.2. The third-order valence-electron chi connectivity index (χ3n) is 3.82. The number of nitrogens with zero attached hydrogens (tertiary/aromatic N) is 1. The van der Waals surface area contributed by atoms with Gasteiger partial charge >= 0.3 is 12.0 Å². The number of carboxylic acid groups (broad SMARTS) is 1. The lowest BCUT2D eigenvalue weighted by Gasteiger charge is -2.25. The smallest absolute Gasteiger partial charge is 0.327 e. The highest BCUT2D eigenvalue weighted by Gasteiger charge is 2.38. The van der Waals surface area contributed by atoms with Crippen LogP contribution in [0.3, 0.4) is 0 Å². The van der Waals surface area contributed by atoms with E-state index in [-0.39, 0.29) is 12.1 Å². The van der Waals surface area contributed by atoms with Crippen LogP contribution in [0.4, 0.5) is 10.5 Å². The van der Waals surface area contributed by atoms with Gasteiger partial charge in [-0.15, -0.1) is 0 Å². The van der Waals surface area contributed by atoms with Crippen LogP contribution in [0, 0.1) is 0 Å². The van der Waals surface area contributed by atoms with Crippen molar-refractivity contribution < 1.29 is 14.7 Å². The molecule has 0 aromatic heterocycles. The largest absolute Gasteiger partial charge is 0.480 e. The van der Waals surface area contributed by atoms with Gasteiger partial charge < -0.3 is 10.4 Å². The highest BCUT2D eigenvalue weighted by Crippen LogP contribution is 2.32. The molecule has 104 valence electrons. The third-order valence-corrected chi connectivity index (χ3v) is 3.82. The predicted molar refractivity (Wildman–Crippen MR) is 74.7 cm³/mol. The van der Waals surface area contributed by atoms with Crippen LogP contribution < -0.4 is 10.2 Å². The van der Waals surface area contributed by atoms with E-state index in [1.165, 1.54) is 4.90 Å². The monoisotopic (exact) mass is 272 g/mol. The van der Waals surface area contributed by atoms with Gasteiger partial charge in [0.1, 0.15) is 6.04 Å². The zero-order valence-corrected chi connectivity index (χ0v) is 11.0. The fourth-order valence-electron chi connectivity index (χ4n) is 2.81. The number of anilines is 1. The van der Waals surface area contributed by atoms with Crippen molar-refractivity contribution >= 4 is 17.7 Å². The first-order valence-electron chi connectivity index (χ1n) is 6.72. The third kappa shape index (κ3) is 2.15. The quantitative estimate of drug-likeness (QED) is 0.808. The Labute approximate surface area is 116 Å². The number of carbonyl (C=O) groups is 2. The molecule has 1 heterocycles. The first kappa shape index (κ1) is 12.7. The van der Waals surface area contributed by atoms with Gasteiger partial charge in [0, 0.05) is 18.2 Å². The van der Waals surface area contributed by atoms with E-state index in [1.807, 2.05) is 30.4 Å². The predicted octanol–water partition coefficient (Wildman–Crippen LogP) is 1.93. The summed E-state index contributed by atoms with van der Waals surface area (Å²) in [5.74, 6) is -0.971. The number of amides is 2. The fraction of sp³-hybridized carbons (Fsp3) is 0.333. The summed E-state index contributed by atoms with van der Waals surface area (Å²) in [6.07, 6.45) is 6.02. The Balaban J connectivity index is 1.84. The van der Waals surface area contributed by atoms with E-state index >= 15 is 0 Å². The number of benzene rings is 1. The lowest BCUT2D eigenvalue weighted by Crippen LogP contribution is -2.50. The van der Waals surface area contributed by atoms with Gasteiger partial charge in [-0.1, -0.05) is 30.4 Å². The minimum Gasteiger partial charge on any atom is -0.480 e. The number of hydrogen-bond acceptors (Lipinski definition) is 2. The van der Waals surface area contributed by atoms with E-state index in [2.05, 4.69) is 5.32 Å². The van der Waals surface area contributed by atoms with Crippen LogP contribution in [0.25, 0.3) is 0 Å². The molecule has 1 aliphatic carbocycles. The summed E-state index contributed by atoms with van der Waals surface area (Å²) in [6.45, 7) is 0. The number of fused-ring (bicyclic) bond motifs is 1. The van der Waals surface area contributed by atoms with Gasteiger partial charge in [-0.25, -0.2) is 9.59 Å². The van der Waals surface area contributed by atoms with E-state index in [4.69, 9.17) is 0 Å². The summed E-state index contributed by atoms with van der Waals surface area (Å²) < 4.78 is 0. The van der Waals surface area contributed by atoms with E-state index in [0.29, 0.717) is 12.1 Å². The molecule has 5 nitrogen and oxygen atoms in total. The lowest BCUT2D eigenvalue weighted by molar-refractivity contribution is -0.138. The van der Waals surface area contributed by atoms with Gasteiger partial charge in [-0.2, -0.15) is 0 Å². The Morgan fingerprint density at radius 3 is 2.60 bits per heavy atom. The maximum Gasteiger partial charge on any atom is 0.327 e. The molecule has 0 fully saturated rings. The Kier molecular flexibility index (Phi) is 3.18. The summed E-state index contributed by atoms with van der Waals surface area (Å²) in [5, 5.41) is 12.2. The number of rotatable bonds is 2. The average Bonchev–Trinajstić information content (AvgIpc) is 3.04. The molecule has 0 radical (unpaired) electrons. The normalized spacial score (nSPS) is 21.0. The molecule has 0 saturated heterocycles. The molecule has 1 aromatic rings. The highest BCUT2D eigenvalue weighted by atomic mass is 16.4. The molecule has 1 atom stereocenters. The van der Waals surface area contributed by atoms with E-state index in [1.54, 1.807) is 6.07 Å². The Bertz CT molecular complexity index is 574. The summed E-state index contributed by atoms with van der Waals surface area (Å²) >= 11 is 0. The first-order chi connectivity index (χ1) is 9.66. The highest BCUT2D eigenvalue weighted by molar-refractivity contribution is 6.01. The van der Waals surface area contributed by atoms with Crippen molar-refractivity contribution in [2.45, 2.75) is 31.3 Å². The minimum absolute atomic E-state index is 0.0738. The van der Waals surface area contributed by atoms with Gasteiger partial charge in [0.05, 0.1) is 0 Å². The minimum atomic E-state index is -0.971. The van der Waals surface area contributed by atoms with Crippen LogP contribution in [0.2, 0.25) is 0 Å². The Hall–Kier alpha value is -2.30. The molecule has 1 aromatic carbocycles. The maximum atomic E-state index is 12.4. The second-order valence-corrected chi connectivity index (χ2v) is 5.15. The van der Waals surface area contributed by atoms with Gasteiger partial charge in [-0.3, -0.25) is 4.90 Å². The molecule has 2 N–H and O–H groups in total. The number of nitrogens with one attached hydrogen (secondary N) is 1. The topological polar surface area (TPSA) is 69.6 Å². The van der Waals surface area contributed by atoms with Gasteiger partial charge in [-0.05, 0) is 24.5 Å². The van der Waals surface area contributed by atoms with Crippen LogP contribution in [0.15, 0.2) is 36.4 Å². The molecule has 20 heavy (non-hydrogen) atoms. The molecule has 2 aliphatic rings. The number of para-hydroxylation sites is 1. The number of carbonyl (C=O) groups excluding carboxylic acids is 1. The summed E-state index contributed by atoms with van der Waals surface area (Å²) in [6, 6.07) is 6.28. The second-order valence-electron chi connectivity index (χ2n) is 5.15. The van der Waals surface area contributed by atoms with E-state index in [9.17, 15) is 14.7 Å². The molecular formula is C15H16N2O3. The molecule has 3 rings (SSSR count). The molecule has 0 bridgehead atoms. The zero-order chi connectivity index (χ0) is 14.1. The standard InChI is InChI=1S/C15H16N2O3/c18-14(19)13-9-10-5-1-4-8-12(10)17(13)15(20)16-11-6-2-3-7-11/h1-5,8,11,13H,6-7,9H2,(H,16,20)(H,18,19). The van der Waals surface area contributed by atoms with Crippen LogP contribution in [-0.2, 0) is 11.2 Å². The lowest BCUT2D eigenvalue weighted by atomic mass is 10.1. The molecule has 5 heteroatoms. The van der Waals surface area contributed by atoms with Crippen LogP contribution in [-0.4, -0.2) is 29.2 Å².